The van der Waals surface area contributed by atoms with Crippen LogP contribution in [0, 0.1) is 6.92 Å². The van der Waals surface area contributed by atoms with Gasteiger partial charge in [0.2, 0.25) is 0 Å². The molecule has 9 nitrogen and oxygen atoms in total. The van der Waals surface area contributed by atoms with Crippen molar-refractivity contribution in [1.82, 2.24) is 25.3 Å². The van der Waals surface area contributed by atoms with E-state index < -0.39 is 0 Å². The number of H-pyrrole nitrogens is 1. The number of carbonyl (C=O) groups is 1. The molecule has 1 fully saturated rings. The van der Waals surface area contributed by atoms with E-state index in [1.807, 2.05) is 25.1 Å². The van der Waals surface area contributed by atoms with Crippen LogP contribution in [0.5, 0.6) is 0 Å². The number of nitrogens with zero attached hydrogens (tertiary/aromatic N) is 4. The number of aryl methyl sites for hydroxylation is 1. The van der Waals surface area contributed by atoms with Gasteiger partial charge in [0.25, 0.3) is 11.5 Å². The van der Waals surface area contributed by atoms with Gasteiger partial charge in [0.15, 0.2) is 5.58 Å². The number of amides is 1. The van der Waals surface area contributed by atoms with Crippen molar-refractivity contribution < 1.29 is 9.32 Å². The molecule has 0 unspecified atom stereocenters. The molecule has 1 aliphatic rings. The molecule has 1 amide bonds. The van der Waals surface area contributed by atoms with Gasteiger partial charge in [-0.2, -0.15) is 0 Å². The van der Waals surface area contributed by atoms with Gasteiger partial charge in [0.05, 0.1) is 23.1 Å². The van der Waals surface area contributed by atoms with Crippen LogP contribution in [0.1, 0.15) is 21.7 Å². The van der Waals surface area contributed by atoms with Crippen LogP contribution in [0.3, 0.4) is 0 Å². The maximum absolute atomic E-state index is 12.2. The molecular weight excluding hydrogens is 408 g/mol. The zero-order valence-electron chi connectivity index (χ0n) is 18.0. The van der Waals surface area contributed by atoms with Gasteiger partial charge < -0.3 is 19.7 Å². The van der Waals surface area contributed by atoms with Crippen molar-refractivity contribution in [2.45, 2.75) is 13.5 Å². The molecule has 3 aromatic heterocycles. The van der Waals surface area contributed by atoms with Crippen molar-refractivity contribution in [2.75, 3.05) is 38.1 Å². The fourth-order valence-electron chi connectivity index (χ4n) is 4.32. The van der Waals surface area contributed by atoms with E-state index in [1.165, 1.54) is 6.20 Å². The van der Waals surface area contributed by atoms with E-state index in [0.717, 1.165) is 60.6 Å². The third kappa shape index (κ3) is 3.60. The number of hydrogen-bond donors (Lipinski definition) is 2. The summed E-state index contributed by atoms with van der Waals surface area (Å²) in [6, 6.07) is 9.81. The minimum absolute atomic E-state index is 0.176. The third-order valence-electron chi connectivity index (χ3n) is 6.03. The molecule has 0 atom stereocenters. The van der Waals surface area contributed by atoms with Crippen molar-refractivity contribution in [1.29, 1.82) is 0 Å². The van der Waals surface area contributed by atoms with Gasteiger partial charge in [-0.3, -0.25) is 14.5 Å². The third-order valence-corrected chi connectivity index (χ3v) is 6.03. The van der Waals surface area contributed by atoms with Crippen LogP contribution in [0.2, 0.25) is 0 Å². The molecule has 0 spiro atoms. The summed E-state index contributed by atoms with van der Waals surface area (Å²) in [4.78, 5) is 36.1. The molecule has 4 aromatic rings. The average Bonchev–Trinajstić information content (AvgIpc) is 3.30. The first-order chi connectivity index (χ1) is 15.5. The fraction of sp³-hybridized carbons (Fsp3) is 0.304. The molecule has 4 heterocycles. The van der Waals surface area contributed by atoms with Crippen molar-refractivity contribution in [3.8, 4) is 0 Å². The van der Waals surface area contributed by atoms with E-state index in [1.54, 1.807) is 13.1 Å². The Bertz CT molecular complexity index is 1370. The Balaban J connectivity index is 1.28. The number of anilines is 1. The second kappa shape index (κ2) is 8.08. The standard InChI is InChI=1S/C23H24N6O3/c1-14-20(6-5-18(26-14)23(31)24-2)29-9-7-28(8-10-29)13-15-3-4-16-19(11-15)27-22(30)17-12-25-32-21(16)17/h3-6,11-12H,7-10,13H2,1-2H3,(H,24,31)(H,27,30). The number of pyridine rings is 2. The van der Waals surface area contributed by atoms with Gasteiger partial charge in [0.1, 0.15) is 11.1 Å². The molecule has 164 valence electrons. The maximum Gasteiger partial charge on any atom is 0.269 e. The van der Waals surface area contributed by atoms with Crippen LogP contribution < -0.4 is 15.8 Å². The molecule has 0 saturated carbocycles. The van der Waals surface area contributed by atoms with Crippen LogP contribution in [-0.4, -0.2) is 59.2 Å². The van der Waals surface area contributed by atoms with Crippen LogP contribution in [-0.2, 0) is 6.54 Å². The van der Waals surface area contributed by atoms with Crippen LogP contribution in [0.4, 0.5) is 5.69 Å². The van der Waals surface area contributed by atoms with Crippen molar-refractivity contribution in [3.05, 3.63) is 63.8 Å². The zero-order chi connectivity index (χ0) is 22.2. The second-order valence-electron chi connectivity index (χ2n) is 8.05. The van der Waals surface area contributed by atoms with E-state index >= 15 is 0 Å². The lowest BCUT2D eigenvalue weighted by Gasteiger charge is -2.36. The molecule has 0 radical (unpaired) electrons. The minimum Gasteiger partial charge on any atom is -0.368 e. The fourth-order valence-corrected chi connectivity index (χ4v) is 4.32. The lowest BCUT2D eigenvalue weighted by atomic mass is 10.1. The smallest absolute Gasteiger partial charge is 0.269 e. The molecule has 0 bridgehead atoms. The van der Waals surface area contributed by atoms with Crippen molar-refractivity contribution in [2.24, 2.45) is 0 Å². The van der Waals surface area contributed by atoms with Gasteiger partial charge in [-0.1, -0.05) is 11.2 Å². The normalized spacial score (nSPS) is 14.9. The van der Waals surface area contributed by atoms with Crippen LogP contribution >= 0.6 is 0 Å². The number of rotatable bonds is 4. The van der Waals surface area contributed by atoms with Crippen molar-refractivity contribution in [3.63, 3.8) is 0 Å². The summed E-state index contributed by atoms with van der Waals surface area (Å²) in [5.74, 6) is -0.176. The van der Waals surface area contributed by atoms with Gasteiger partial charge in [-0.25, -0.2) is 4.98 Å². The number of aromatic amines is 1. The molecule has 9 heteroatoms. The first-order valence-electron chi connectivity index (χ1n) is 10.6. The Labute approximate surface area is 184 Å². The predicted molar refractivity (Wildman–Crippen MR) is 122 cm³/mol. The molecule has 32 heavy (non-hydrogen) atoms. The topological polar surface area (TPSA) is 107 Å². The largest absolute Gasteiger partial charge is 0.368 e. The summed E-state index contributed by atoms with van der Waals surface area (Å²) in [5.41, 5.74) is 4.58. The van der Waals surface area contributed by atoms with Gasteiger partial charge in [-0.05, 0) is 36.8 Å². The summed E-state index contributed by atoms with van der Waals surface area (Å²) < 4.78 is 5.28. The molecule has 1 saturated heterocycles. The summed E-state index contributed by atoms with van der Waals surface area (Å²) in [5, 5.41) is 7.68. The van der Waals surface area contributed by atoms with Crippen LogP contribution in [0.25, 0.3) is 21.9 Å². The Morgan fingerprint density at radius 2 is 1.97 bits per heavy atom. The lowest BCUT2D eigenvalue weighted by Crippen LogP contribution is -2.46. The maximum atomic E-state index is 12.2. The minimum atomic E-state index is -0.189. The Kier molecular flexibility index (Phi) is 5.10. The number of fused-ring (bicyclic) bond motifs is 3. The Morgan fingerprint density at radius 3 is 2.72 bits per heavy atom. The predicted octanol–water partition coefficient (Wildman–Crippen LogP) is 2.05. The molecule has 5 rings (SSSR count). The average molecular weight is 432 g/mol. The van der Waals surface area contributed by atoms with Crippen molar-refractivity contribution >= 4 is 33.5 Å². The summed E-state index contributed by atoms with van der Waals surface area (Å²) >= 11 is 0. The molecular formula is C23H24N6O3. The first kappa shape index (κ1) is 20.2. The summed E-state index contributed by atoms with van der Waals surface area (Å²) in [6.45, 7) is 6.32. The van der Waals surface area contributed by atoms with Crippen LogP contribution in [0.15, 0.2) is 45.8 Å². The molecule has 2 N–H and O–H groups in total. The highest BCUT2D eigenvalue weighted by molar-refractivity contribution is 6.01. The Morgan fingerprint density at radius 1 is 1.16 bits per heavy atom. The highest BCUT2D eigenvalue weighted by Crippen LogP contribution is 2.24. The highest BCUT2D eigenvalue weighted by Gasteiger charge is 2.20. The summed E-state index contributed by atoms with van der Waals surface area (Å²) in [6.07, 6.45) is 1.45. The number of hydrogen-bond acceptors (Lipinski definition) is 7. The SMILES string of the molecule is CNC(=O)c1ccc(N2CCN(Cc3ccc4c(c3)[nH]c(=O)c3cnoc34)CC2)c(C)n1. The molecule has 1 aromatic carbocycles. The van der Waals surface area contributed by atoms with E-state index in [4.69, 9.17) is 4.52 Å². The highest BCUT2D eigenvalue weighted by atomic mass is 16.5. The van der Waals surface area contributed by atoms with E-state index in [9.17, 15) is 9.59 Å². The van der Waals surface area contributed by atoms with Gasteiger partial charge in [-0.15, -0.1) is 0 Å². The monoisotopic (exact) mass is 432 g/mol. The zero-order valence-corrected chi connectivity index (χ0v) is 18.0. The second-order valence-corrected chi connectivity index (χ2v) is 8.05. The van der Waals surface area contributed by atoms with E-state index in [-0.39, 0.29) is 11.5 Å². The number of aromatic nitrogens is 3. The van der Waals surface area contributed by atoms with E-state index in [2.05, 4.69) is 36.3 Å². The lowest BCUT2D eigenvalue weighted by molar-refractivity contribution is 0.0958. The quantitative estimate of drug-likeness (QED) is 0.508. The molecule has 1 aliphatic heterocycles. The van der Waals surface area contributed by atoms with Gasteiger partial charge >= 0.3 is 0 Å². The number of piperazine rings is 1. The van der Waals surface area contributed by atoms with E-state index in [0.29, 0.717) is 16.7 Å². The first-order valence-corrected chi connectivity index (χ1v) is 10.6. The number of benzene rings is 1. The Hall–Kier alpha value is -3.72. The summed E-state index contributed by atoms with van der Waals surface area (Å²) in [7, 11) is 1.61. The number of nitrogens with one attached hydrogen (secondary N) is 2. The molecule has 0 aliphatic carbocycles. The number of carbonyl (C=O) groups excluding carboxylic acids is 1. The van der Waals surface area contributed by atoms with Gasteiger partial charge in [0, 0.05) is 45.2 Å².